The Labute approximate surface area is 195 Å². The summed E-state index contributed by atoms with van der Waals surface area (Å²) in [5, 5.41) is 0.672. The highest BCUT2D eigenvalue weighted by atomic mass is 35.5. The first-order chi connectivity index (χ1) is 15.9. The number of aromatic amines is 1. The van der Waals surface area contributed by atoms with Crippen LogP contribution in [0, 0.1) is 6.92 Å². The number of rotatable bonds is 3. The Morgan fingerprint density at radius 2 is 2.03 bits per heavy atom. The Bertz CT molecular complexity index is 1500. The fourth-order valence-corrected chi connectivity index (χ4v) is 5.35. The van der Waals surface area contributed by atoms with E-state index in [1.165, 1.54) is 0 Å². The van der Waals surface area contributed by atoms with Crippen molar-refractivity contribution in [2.45, 2.75) is 38.2 Å². The number of imidazole rings is 1. The van der Waals surface area contributed by atoms with Gasteiger partial charge in [-0.1, -0.05) is 11.6 Å². The number of hydrogen-bond donors (Lipinski definition) is 1. The number of ether oxygens (including phenoxy) is 1. The molecule has 0 radical (unpaired) electrons. The van der Waals surface area contributed by atoms with Crippen LogP contribution in [0.25, 0.3) is 16.6 Å². The molecule has 33 heavy (non-hydrogen) atoms. The number of anilines is 1. The zero-order chi connectivity index (χ0) is 22.9. The summed E-state index contributed by atoms with van der Waals surface area (Å²) in [7, 11) is 1.72. The lowest BCUT2D eigenvalue weighted by Crippen LogP contribution is -2.30. The number of aromatic nitrogens is 3. The van der Waals surface area contributed by atoms with Gasteiger partial charge in [0, 0.05) is 35.8 Å². The number of amides is 1. The van der Waals surface area contributed by atoms with E-state index < -0.39 is 0 Å². The summed E-state index contributed by atoms with van der Waals surface area (Å²) in [6.45, 7) is 2.54. The van der Waals surface area contributed by atoms with E-state index >= 15 is 0 Å². The Kier molecular flexibility index (Phi) is 4.61. The van der Waals surface area contributed by atoms with E-state index in [9.17, 15) is 9.59 Å². The number of H-pyrrole nitrogens is 1. The van der Waals surface area contributed by atoms with Gasteiger partial charge in [-0.25, -0.2) is 4.98 Å². The molecule has 0 spiro atoms. The van der Waals surface area contributed by atoms with E-state index in [0.717, 1.165) is 47.4 Å². The van der Waals surface area contributed by atoms with E-state index in [4.69, 9.17) is 16.3 Å². The van der Waals surface area contributed by atoms with Crippen molar-refractivity contribution in [1.82, 2.24) is 14.4 Å². The number of nitrogens with zero attached hydrogens (tertiary/aromatic N) is 3. The molecule has 1 aliphatic heterocycles. The average molecular weight is 463 g/mol. The molecule has 0 unspecified atom stereocenters. The van der Waals surface area contributed by atoms with Gasteiger partial charge in [0.05, 0.1) is 23.3 Å². The summed E-state index contributed by atoms with van der Waals surface area (Å²) in [6.07, 6.45) is 4.41. The molecule has 1 aliphatic carbocycles. The van der Waals surface area contributed by atoms with E-state index in [1.807, 2.05) is 35.6 Å². The van der Waals surface area contributed by atoms with E-state index in [0.29, 0.717) is 28.2 Å². The van der Waals surface area contributed by atoms with Crippen molar-refractivity contribution < 1.29 is 9.53 Å². The second-order valence-corrected chi connectivity index (χ2v) is 9.42. The maximum absolute atomic E-state index is 13.5. The van der Waals surface area contributed by atoms with Gasteiger partial charge in [0.15, 0.2) is 0 Å². The van der Waals surface area contributed by atoms with Crippen LogP contribution in [-0.4, -0.2) is 40.0 Å². The minimum Gasteiger partial charge on any atom is -0.381 e. The molecular formula is C25H23ClN4O3. The molecule has 2 aromatic heterocycles. The second-order valence-electron chi connectivity index (χ2n) is 8.98. The number of fused-ring (bicyclic) bond motifs is 4. The number of halogens is 1. The lowest BCUT2D eigenvalue weighted by Gasteiger charge is -2.33. The first-order valence-corrected chi connectivity index (χ1v) is 11.5. The van der Waals surface area contributed by atoms with Gasteiger partial charge in [-0.05, 0) is 67.6 Å². The number of methoxy groups -OCH3 is 1. The average Bonchev–Trinajstić information content (AvgIpc) is 3.38. The highest BCUT2D eigenvalue weighted by molar-refractivity contribution is 6.30. The maximum atomic E-state index is 13.5. The second kappa shape index (κ2) is 7.43. The van der Waals surface area contributed by atoms with Gasteiger partial charge in [-0.3, -0.25) is 14.0 Å². The summed E-state index contributed by atoms with van der Waals surface area (Å²) in [6, 6.07) is 9.39. The predicted molar refractivity (Wildman–Crippen MR) is 128 cm³/mol. The monoisotopic (exact) mass is 462 g/mol. The highest BCUT2D eigenvalue weighted by Crippen LogP contribution is 2.38. The van der Waals surface area contributed by atoms with Gasteiger partial charge in [0.1, 0.15) is 11.3 Å². The molecule has 3 heterocycles. The number of nitrogens with one attached hydrogen (secondary N) is 1. The molecule has 8 heteroatoms. The Morgan fingerprint density at radius 1 is 1.21 bits per heavy atom. The molecular weight excluding hydrogens is 440 g/mol. The molecule has 1 N–H and O–H groups in total. The van der Waals surface area contributed by atoms with Gasteiger partial charge in [0.2, 0.25) is 0 Å². The fourth-order valence-electron chi connectivity index (χ4n) is 5.16. The van der Waals surface area contributed by atoms with E-state index in [1.54, 1.807) is 24.3 Å². The van der Waals surface area contributed by atoms with Crippen LogP contribution in [0.4, 0.5) is 5.69 Å². The molecule has 7 nitrogen and oxygen atoms in total. The third-order valence-electron chi connectivity index (χ3n) is 7.06. The summed E-state index contributed by atoms with van der Waals surface area (Å²) >= 11 is 6.13. The first kappa shape index (κ1) is 20.4. The van der Waals surface area contributed by atoms with Crippen molar-refractivity contribution in [2.24, 2.45) is 0 Å². The number of benzene rings is 2. The molecule has 1 fully saturated rings. The predicted octanol–water partition coefficient (Wildman–Crippen LogP) is 4.23. The van der Waals surface area contributed by atoms with Crippen LogP contribution in [0.3, 0.4) is 0 Å². The fraction of sp³-hybridized carbons (Fsp3) is 0.320. The van der Waals surface area contributed by atoms with Crippen LogP contribution in [-0.2, 0) is 11.2 Å². The smallest absolute Gasteiger partial charge is 0.274 e. The summed E-state index contributed by atoms with van der Waals surface area (Å²) < 4.78 is 7.37. The largest absolute Gasteiger partial charge is 0.381 e. The molecule has 1 saturated carbocycles. The Balaban J connectivity index is 1.46. The molecule has 168 valence electrons. The van der Waals surface area contributed by atoms with Crippen molar-refractivity contribution in [3.05, 3.63) is 74.4 Å². The van der Waals surface area contributed by atoms with Crippen molar-refractivity contribution in [3.63, 3.8) is 0 Å². The van der Waals surface area contributed by atoms with Crippen LogP contribution in [0.2, 0.25) is 5.02 Å². The van der Waals surface area contributed by atoms with Crippen LogP contribution in [0.15, 0.2) is 41.3 Å². The molecule has 6 rings (SSSR count). The van der Waals surface area contributed by atoms with Gasteiger partial charge in [0.25, 0.3) is 11.5 Å². The summed E-state index contributed by atoms with van der Waals surface area (Å²) in [4.78, 5) is 35.7. The Hall–Kier alpha value is -3.16. The summed E-state index contributed by atoms with van der Waals surface area (Å²) in [5.74, 6) is 1.04. The summed E-state index contributed by atoms with van der Waals surface area (Å²) in [5.41, 5.74) is 5.16. The molecule has 2 aromatic carbocycles. The number of carbonyl (C=O) groups excluding carboxylic acids is 1. The number of aryl methyl sites for hydroxylation is 1. The zero-order valence-corrected chi connectivity index (χ0v) is 19.1. The molecule has 0 saturated heterocycles. The van der Waals surface area contributed by atoms with Crippen LogP contribution < -0.4 is 10.5 Å². The SMILES string of the molecule is COC1CC(c2ncc3c(=O)[nH]c4cc(C(=O)N5CCc6cc(Cl)ccc65)c(C)cc4n23)C1. The van der Waals surface area contributed by atoms with Crippen LogP contribution in [0.1, 0.15) is 46.1 Å². The highest BCUT2D eigenvalue weighted by Gasteiger charge is 2.34. The van der Waals surface area contributed by atoms with Crippen molar-refractivity contribution in [3.8, 4) is 0 Å². The lowest BCUT2D eigenvalue weighted by atomic mass is 9.81. The minimum atomic E-state index is -0.215. The van der Waals surface area contributed by atoms with Crippen molar-refractivity contribution in [2.75, 3.05) is 18.6 Å². The molecule has 0 bridgehead atoms. The van der Waals surface area contributed by atoms with Gasteiger partial charge in [-0.2, -0.15) is 0 Å². The van der Waals surface area contributed by atoms with Crippen molar-refractivity contribution in [1.29, 1.82) is 0 Å². The Morgan fingerprint density at radius 3 is 2.82 bits per heavy atom. The normalized spacial score (nSPS) is 19.8. The van der Waals surface area contributed by atoms with Gasteiger partial charge >= 0.3 is 0 Å². The van der Waals surface area contributed by atoms with Gasteiger partial charge < -0.3 is 14.6 Å². The first-order valence-electron chi connectivity index (χ1n) is 11.1. The molecule has 4 aromatic rings. The van der Waals surface area contributed by atoms with Crippen LogP contribution >= 0.6 is 11.6 Å². The number of carbonyl (C=O) groups is 1. The minimum absolute atomic E-state index is 0.0794. The standard InChI is InChI=1S/C25H23ClN4O3/c1-13-7-21-19(11-18(13)25(32)29-6-5-14-8-16(26)3-4-20(14)29)28-24(31)22-12-27-23(30(21)22)15-9-17(10-15)33-2/h3-4,7-8,11-12,15,17H,5-6,9-10H2,1-2H3,(H,28,31). The quantitative estimate of drug-likeness (QED) is 0.494. The molecule has 2 aliphatic rings. The van der Waals surface area contributed by atoms with E-state index in [-0.39, 0.29) is 23.5 Å². The maximum Gasteiger partial charge on any atom is 0.274 e. The third-order valence-corrected chi connectivity index (χ3v) is 7.29. The molecule has 1 amide bonds. The van der Waals surface area contributed by atoms with E-state index in [2.05, 4.69) is 9.97 Å². The zero-order valence-electron chi connectivity index (χ0n) is 18.4. The topological polar surface area (TPSA) is 79.7 Å². The van der Waals surface area contributed by atoms with Crippen LogP contribution in [0.5, 0.6) is 0 Å². The van der Waals surface area contributed by atoms with Gasteiger partial charge in [-0.15, -0.1) is 0 Å². The lowest BCUT2D eigenvalue weighted by molar-refractivity contribution is 0.0236. The number of hydrogen-bond acceptors (Lipinski definition) is 4. The van der Waals surface area contributed by atoms with Crippen molar-refractivity contribution >= 4 is 39.7 Å². The molecule has 0 atom stereocenters. The third kappa shape index (κ3) is 3.10.